The van der Waals surface area contributed by atoms with Gasteiger partial charge in [0.2, 0.25) is 0 Å². The smallest absolute Gasteiger partial charge is 0.287 e. The molecule has 0 saturated carbocycles. The molecule has 0 spiro atoms. The van der Waals surface area contributed by atoms with Crippen LogP contribution in [-0.2, 0) is 6.54 Å². The quantitative estimate of drug-likeness (QED) is 0.820. The lowest BCUT2D eigenvalue weighted by Crippen LogP contribution is -2.29. The summed E-state index contributed by atoms with van der Waals surface area (Å²) in [5, 5.41) is 7.41. The monoisotopic (exact) mass is 272 g/mol. The molecule has 1 rings (SSSR count). The minimum absolute atomic E-state index is 0.214. The van der Waals surface area contributed by atoms with Crippen molar-refractivity contribution in [3.05, 3.63) is 21.6 Å². The third-order valence-electron chi connectivity index (χ3n) is 2.92. The Bertz CT molecular complexity index is 429. The summed E-state index contributed by atoms with van der Waals surface area (Å²) in [4.78, 5) is 14.0. The molecule has 0 radical (unpaired) electrons. The molecule has 0 saturated heterocycles. The summed E-state index contributed by atoms with van der Waals surface area (Å²) in [5.74, 6) is 0. The predicted molar refractivity (Wildman–Crippen MR) is 75.5 cm³/mol. The van der Waals surface area contributed by atoms with Crippen LogP contribution in [-0.4, -0.2) is 40.9 Å². The van der Waals surface area contributed by atoms with Gasteiger partial charge in [-0.3, -0.25) is 4.79 Å². The molecule has 0 aromatic carbocycles. The second-order valence-corrected chi connectivity index (χ2v) is 4.32. The molecule has 6 heteroatoms. The van der Waals surface area contributed by atoms with Crippen molar-refractivity contribution >= 4 is 17.3 Å². The highest BCUT2D eigenvalue weighted by atomic mass is 35.5. The number of halogens is 1. The molecular weight excluding hydrogens is 252 g/mol. The van der Waals surface area contributed by atoms with E-state index in [1.54, 1.807) is 6.20 Å². The van der Waals surface area contributed by atoms with E-state index < -0.39 is 0 Å². The summed E-state index contributed by atoms with van der Waals surface area (Å²) in [6.07, 6.45) is 1.61. The van der Waals surface area contributed by atoms with Gasteiger partial charge in [0, 0.05) is 19.6 Å². The maximum atomic E-state index is 11.7. The predicted octanol–water partition coefficient (Wildman–Crippen LogP) is 1.67. The summed E-state index contributed by atoms with van der Waals surface area (Å²) in [5.41, 5.74) is 0.366. The fraction of sp³-hybridized carbons (Fsp3) is 0.667. The number of anilines is 1. The van der Waals surface area contributed by atoms with Crippen LogP contribution in [0.2, 0.25) is 5.02 Å². The first kappa shape index (κ1) is 15.0. The zero-order valence-corrected chi connectivity index (χ0v) is 12.0. The van der Waals surface area contributed by atoms with E-state index in [2.05, 4.69) is 29.2 Å². The van der Waals surface area contributed by atoms with Crippen molar-refractivity contribution in [1.82, 2.24) is 14.7 Å². The van der Waals surface area contributed by atoms with Crippen LogP contribution in [0, 0.1) is 0 Å². The average molecular weight is 273 g/mol. The highest BCUT2D eigenvalue weighted by Crippen LogP contribution is 2.14. The topological polar surface area (TPSA) is 50.2 Å². The van der Waals surface area contributed by atoms with Crippen molar-refractivity contribution in [2.75, 3.05) is 31.5 Å². The first-order chi connectivity index (χ1) is 8.63. The number of nitrogens with one attached hydrogen (secondary N) is 1. The summed E-state index contributed by atoms with van der Waals surface area (Å²) in [6, 6.07) is 0. The van der Waals surface area contributed by atoms with Gasteiger partial charge in [-0.2, -0.15) is 5.10 Å². The van der Waals surface area contributed by atoms with Crippen molar-refractivity contribution in [3.63, 3.8) is 0 Å². The lowest BCUT2D eigenvalue weighted by molar-refractivity contribution is 0.316. The second-order valence-electron chi connectivity index (χ2n) is 3.95. The van der Waals surface area contributed by atoms with Gasteiger partial charge < -0.3 is 10.2 Å². The van der Waals surface area contributed by atoms with E-state index in [1.807, 2.05) is 6.92 Å². The zero-order valence-electron chi connectivity index (χ0n) is 11.2. The summed E-state index contributed by atoms with van der Waals surface area (Å²) in [6.45, 7) is 10.3. The van der Waals surface area contributed by atoms with Crippen LogP contribution in [0.25, 0.3) is 0 Å². The number of aromatic nitrogens is 2. The van der Waals surface area contributed by atoms with Crippen LogP contribution >= 0.6 is 11.6 Å². The van der Waals surface area contributed by atoms with E-state index in [9.17, 15) is 4.79 Å². The normalized spacial score (nSPS) is 10.9. The number of nitrogens with zero attached hydrogens (tertiary/aromatic N) is 3. The molecule has 0 amide bonds. The van der Waals surface area contributed by atoms with Crippen LogP contribution in [0.3, 0.4) is 0 Å². The lowest BCUT2D eigenvalue weighted by Gasteiger charge is -2.18. The summed E-state index contributed by atoms with van der Waals surface area (Å²) in [7, 11) is 0. The molecule has 102 valence electrons. The van der Waals surface area contributed by atoms with Gasteiger partial charge in [0.25, 0.3) is 5.56 Å². The molecule has 0 atom stereocenters. The molecule has 0 fully saturated rings. The molecule has 1 aromatic heterocycles. The molecule has 0 aliphatic rings. The van der Waals surface area contributed by atoms with E-state index in [-0.39, 0.29) is 10.6 Å². The first-order valence-corrected chi connectivity index (χ1v) is 6.73. The van der Waals surface area contributed by atoms with Crippen molar-refractivity contribution in [3.8, 4) is 0 Å². The van der Waals surface area contributed by atoms with Crippen molar-refractivity contribution in [2.45, 2.75) is 27.3 Å². The molecule has 0 aliphatic carbocycles. The Hall–Kier alpha value is -1.07. The largest absolute Gasteiger partial charge is 0.381 e. The van der Waals surface area contributed by atoms with Gasteiger partial charge in [-0.15, -0.1) is 0 Å². The van der Waals surface area contributed by atoms with Crippen LogP contribution < -0.4 is 10.9 Å². The number of likely N-dealkylation sites (N-methyl/N-ethyl adjacent to an activating group) is 1. The Morgan fingerprint density at radius 3 is 2.61 bits per heavy atom. The van der Waals surface area contributed by atoms with Crippen LogP contribution in [0.1, 0.15) is 20.8 Å². The third-order valence-corrected chi connectivity index (χ3v) is 3.29. The Morgan fingerprint density at radius 2 is 2.06 bits per heavy atom. The van der Waals surface area contributed by atoms with E-state index in [1.165, 1.54) is 4.68 Å². The fourth-order valence-corrected chi connectivity index (χ4v) is 1.92. The van der Waals surface area contributed by atoms with E-state index in [4.69, 9.17) is 11.6 Å². The Kier molecular flexibility index (Phi) is 6.15. The van der Waals surface area contributed by atoms with E-state index in [0.717, 1.165) is 26.2 Å². The number of hydrogen-bond donors (Lipinski definition) is 1. The summed E-state index contributed by atoms with van der Waals surface area (Å²) >= 11 is 6.01. The highest BCUT2D eigenvalue weighted by molar-refractivity contribution is 6.32. The van der Waals surface area contributed by atoms with Crippen molar-refractivity contribution in [1.29, 1.82) is 0 Å². The van der Waals surface area contributed by atoms with Gasteiger partial charge in [-0.05, 0) is 20.0 Å². The van der Waals surface area contributed by atoms with E-state index >= 15 is 0 Å². The summed E-state index contributed by atoms with van der Waals surface area (Å²) < 4.78 is 1.35. The minimum atomic E-state index is -0.244. The molecule has 0 aliphatic heterocycles. The van der Waals surface area contributed by atoms with Gasteiger partial charge in [-0.1, -0.05) is 25.4 Å². The van der Waals surface area contributed by atoms with Crippen LogP contribution in [0.15, 0.2) is 11.0 Å². The van der Waals surface area contributed by atoms with Crippen LogP contribution in [0.4, 0.5) is 5.69 Å². The minimum Gasteiger partial charge on any atom is -0.381 e. The number of hydrogen-bond acceptors (Lipinski definition) is 4. The Morgan fingerprint density at radius 1 is 1.39 bits per heavy atom. The van der Waals surface area contributed by atoms with Crippen molar-refractivity contribution in [2.24, 2.45) is 0 Å². The van der Waals surface area contributed by atoms with Crippen LogP contribution in [0.5, 0.6) is 0 Å². The third kappa shape index (κ3) is 3.71. The second kappa shape index (κ2) is 7.38. The first-order valence-electron chi connectivity index (χ1n) is 6.35. The standard InChI is InChI=1S/C12H21ClN4O/c1-4-16(5-2)8-7-14-10-9-15-17(6-3)12(18)11(10)13/h9,14H,4-8H2,1-3H3. The molecule has 18 heavy (non-hydrogen) atoms. The van der Waals surface area contributed by atoms with Gasteiger partial charge in [0.1, 0.15) is 5.02 Å². The molecule has 1 heterocycles. The average Bonchev–Trinajstić information content (AvgIpc) is 2.39. The van der Waals surface area contributed by atoms with Crippen molar-refractivity contribution < 1.29 is 0 Å². The molecule has 0 unspecified atom stereocenters. The SMILES string of the molecule is CCN(CC)CCNc1cnn(CC)c(=O)c1Cl. The molecule has 0 bridgehead atoms. The maximum absolute atomic E-state index is 11.7. The molecule has 5 nitrogen and oxygen atoms in total. The number of aryl methyl sites for hydroxylation is 1. The maximum Gasteiger partial charge on any atom is 0.287 e. The van der Waals surface area contributed by atoms with Gasteiger partial charge in [0.05, 0.1) is 11.9 Å². The van der Waals surface area contributed by atoms with Gasteiger partial charge >= 0.3 is 0 Å². The highest BCUT2D eigenvalue weighted by Gasteiger charge is 2.08. The Labute approximate surface area is 113 Å². The lowest BCUT2D eigenvalue weighted by atomic mass is 10.4. The number of rotatable bonds is 7. The molecule has 1 N–H and O–H groups in total. The van der Waals surface area contributed by atoms with E-state index in [0.29, 0.717) is 12.2 Å². The molecular formula is C12H21ClN4O. The Balaban J connectivity index is 2.63. The molecule has 1 aromatic rings. The zero-order chi connectivity index (χ0) is 13.5. The van der Waals surface area contributed by atoms with Gasteiger partial charge in [-0.25, -0.2) is 4.68 Å². The van der Waals surface area contributed by atoms with Gasteiger partial charge in [0.15, 0.2) is 0 Å². The fourth-order valence-electron chi connectivity index (χ4n) is 1.70.